The van der Waals surface area contributed by atoms with E-state index in [4.69, 9.17) is 9.26 Å². The van der Waals surface area contributed by atoms with Crippen LogP contribution in [0.15, 0.2) is 28.8 Å². The number of rotatable bonds is 5. The van der Waals surface area contributed by atoms with Crippen molar-refractivity contribution in [2.45, 2.75) is 53.3 Å². The zero-order valence-electron chi connectivity index (χ0n) is 13.5. The third-order valence-corrected chi connectivity index (χ3v) is 3.27. The third-order valence-electron chi connectivity index (χ3n) is 3.27. The molecule has 0 atom stereocenters. The maximum atomic E-state index is 5.73. The molecule has 4 nitrogen and oxygen atoms in total. The Morgan fingerprint density at radius 2 is 1.90 bits per heavy atom. The molecule has 0 bridgehead atoms. The molecule has 1 N–H and O–H groups in total. The Morgan fingerprint density at radius 3 is 2.57 bits per heavy atom. The van der Waals surface area contributed by atoms with Crippen LogP contribution in [0.1, 0.15) is 43.4 Å². The van der Waals surface area contributed by atoms with Crippen LogP contribution < -0.4 is 10.1 Å². The van der Waals surface area contributed by atoms with Crippen LogP contribution in [0.5, 0.6) is 5.75 Å². The monoisotopic (exact) mass is 288 g/mol. The molecule has 0 radical (unpaired) electrons. The number of aryl methyl sites for hydroxylation is 2. The van der Waals surface area contributed by atoms with E-state index in [0.29, 0.717) is 13.2 Å². The van der Waals surface area contributed by atoms with E-state index in [1.165, 1.54) is 11.1 Å². The minimum Gasteiger partial charge on any atom is -0.486 e. The zero-order chi connectivity index (χ0) is 15.5. The van der Waals surface area contributed by atoms with Crippen molar-refractivity contribution >= 4 is 0 Å². The maximum Gasteiger partial charge on any atom is 0.174 e. The van der Waals surface area contributed by atoms with Gasteiger partial charge in [0.05, 0.1) is 5.69 Å². The second-order valence-electron chi connectivity index (χ2n) is 6.42. The first kappa shape index (κ1) is 15.6. The lowest BCUT2D eigenvalue weighted by Gasteiger charge is -2.19. The lowest BCUT2D eigenvalue weighted by molar-refractivity contribution is 0.248. The average molecular weight is 288 g/mol. The van der Waals surface area contributed by atoms with E-state index in [-0.39, 0.29) is 5.54 Å². The van der Waals surface area contributed by atoms with Crippen LogP contribution in [0, 0.1) is 13.8 Å². The Kier molecular flexibility index (Phi) is 4.68. The van der Waals surface area contributed by atoms with E-state index in [1.54, 1.807) is 0 Å². The summed E-state index contributed by atoms with van der Waals surface area (Å²) in [4.78, 5) is 0. The molecule has 2 aromatic rings. The van der Waals surface area contributed by atoms with Gasteiger partial charge in [0.15, 0.2) is 5.76 Å². The van der Waals surface area contributed by atoms with Crippen molar-refractivity contribution in [2.75, 3.05) is 0 Å². The van der Waals surface area contributed by atoms with Crippen molar-refractivity contribution in [1.29, 1.82) is 0 Å². The van der Waals surface area contributed by atoms with E-state index in [9.17, 15) is 0 Å². The predicted molar refractivity (Wildman–Crippen MR) is 83.3 cm³/mol. The number of ether oxygens (including phenoxy) is 1. The van der Waals surface area contributed by atoms with Gasteiger partial charge < -0.3 is 14.6 Å². The molecule has 21 heavy (non-hydrogen) atoms. The molecule has 1 heterocycles. The number of aromatic nitrogens is 1. The summed E-state index contributed by atoms with van der Waals surface area (Å²) in [6.07, 6.45) is 0. The number of hydrogen-bond acceptors (Lipinski definition) is 4. The van der Waals surface area contributed by atoms with Crippen molar-refractivity contribution < 1.29 is 9.26 Å². The molecule has 114 valence electrons. The van der Waals surface area contributed by atoms with Gasteiger partial charge in [-0.3, -0.25) is 0 Å². The highest BCUT2D eigenvalue weighted by Gasteiger charge is 2.11. The van der Waals surface area contributed by atoms with Crippen LogP contribution in [0.3, 0.4) is 0 Å². The molecule has 0 saturated carbocycles. The second kappa shape index (κ2) is 6.31. The predicted octanol–water partition coefficient (Wildman–Crippen LogP) is 3.76. The summed E-state index contributed by atoms with van der Waals surface area (Å²) < 4.78 is 11.0. The minimum atomic E-state index is 0.0645. The number of nitrogens with zero attached hydrogens (tertiary/aromatic N) is 1. The normalized spacial score (nSPS) is 11.7. The molecule has 1 aromatic heterocycles. The minimum absolute atomic E-state index is 0.0645. The van der Waals surface area contributed by atoms with Gasteiger partial charge in [0.25, 0.3) is 0 Å². The first-order valence-corrected chi connectivity index (χ1v) is 7.23. The van der Waals surface area contributed by atoms with Crippen LogP contribution >= 0.6 is 0 Å². The van der Waals surface area contributed by atoms with Crippen LogP contribution in [0.4, 0.5) is 0 Å². The van der Waals surface area contributed by atoms with Crippen LogP contribution in [-0.4, -0.2) is 10.7 Å². The molecule has 0 aliphatic heterocycles. The fourth-order valence-electron chi connectivity index (χ4n) is 1.82. The largest absolute Gasteiger partial charge is 0.486 e. The molecule has 0 amide bonds. The molecule has 4 heteroatoms. The van der Waals surface area contributed by atoms with Gasteiger partial charge in [-0.2, -0.15) is 0 Å². The third kappa shape index (κ3) is 4.90. The molecule has 0 aliphatic rings. The molecule has 0 fully saturated rings. The molecule has 0 unspecified atom stereocenters. The first-order valence-electron chi connectivity index (χ1n) is 7.23. The Balaban J connectivity index is 1.89. The fourth-order valence-corrected chi connectivity index (χ4v) is 1.82. The SMILES string of the molecule is Cc1ccc(OCc2cc(CNC(C)(C)C)no2)cc1C. The Hall–Kier alpha value is -1.81. The summed E-state index contributed by atoms with van der Waals surface area (Å²) >= 11 is 0. The maximum absolute atomic E-state index is 5.73. The summed E-state index contributed by atoms with van der Waals surface area (Å²) in [5.41, 5.74) is 3.44. The highest BCUT2D eigenvalue weighted by atomic mass is 16.5. The molecular formula is C17H24N2O2. The Labute approximate surface area is 126 Å². The van der Waals surface area contributed by atoms with Gasteiger partial charge in [0.1, 0.15) is 12.4 Å². The molecule has 0 saturated heterocycles. The Morgan fingerprint density at radius 1 is 1.14 bits per heavy atom. The van der Waals surface area contributed by atoms with E-state index < -0.39 is 0 Å². The smallest absolute Gasteiger partial charge is 0.174 e. The molecule has 2 rings (SSSR count). The summed E-state index contributed by atoms with van der Waals surface area (Å²) in [7, 11) is 0. The fraction of sp³-hybridized carbons (Fsp3) is 0.471. The average Bonchev–Trinajstić information content (AvgIpc) is 2.85. The quantitative estimate of drug-likeness (QED) is 0.910. The highest BCUT2D eigenvalue weighted by Crippen LogP contribution is 2.18. The van der Waals surface area contributed by atoms with E-state index in [0.717, 1.165) is 17.2 Å². The summed E-state index contributed by atoms with van der Waals surface area (Å²) in [5, 5.41) is 7.42. The lowest BCUT2D eigenvalue weighted by Crippen LogP contribution is -2.35. The van der Waals surface area contributed by atoms with Gasteiger partial charge in [-0.15, -0.1) is 0 Å². The van der Waals surface area contributed by atoms with Crippen molar-refractivity contribution in [3.05, 3.63) is 46.8 Å². The summed E-state index contributed by atoms with van der Waals surface area (Å²) in [6, 6.07) is 8.00. The van der Waals surface area contributed by atoms with Crippen molar-refractivity contribution in [3.8, 4) is 5.75 Å². The lowest BCUT2D eigenvalue weighted by atomic mass is 10.1. The molecule has 0 spiro atoms. The van der Waals surface area contributed by atoms with E-state index >= 15 is 0 Å². The number of nitrogens with one attached hydrogen (secondary N) is 1. The van der Waals surface area contributed by atoms with Crippen LogP contribution in [-0.2, 0) is 13.2 Å². The number of benzene rings is 1. The highest BCUT2D eigenvalue weighted by molar-refractivity contribution is 5.33. The van der Waals surface area contributed by atoms with Gasteiger partial charge in [-0.25, -0.2) is 0 Å². The van der Waals surface area contributed by atoms with E-state index in [2.05, 4.69) is 51.2 Å². The summed E-state index contributed by atoms with van der Waals surface area (Å²) in [6.45, 7) is 11.6. The van der Waals surface area contributed by atoms with Crippen molar-refractivity contribution in [3.63, 3.8) is 0 Å². The second-order valence-corrected chi connectivity index (χ2v) is 6.42. The first-order chi connectivity index (χ1) is 9.83. The van der Waals surface area contributed by atoms with Crippen molar-refractivity contribution in [1.82, 2.24) is 10.5 Å². The standard InChI is InChI=1S/C17H24N2O2/c1-12-6-7-15(8-13(12)2)20-11-16-9-14(19-21-16)10-18-17(3,4)5/h6-9,18H,10-11H2,1-5H3. The van der Waals surface area contributed by atoms with Gasteiger partial charge in [0.2, 0.25) is 0 Å². The van der Waals surface area contributed by atoms with Gasteiger partial charge in [-0.05, 0) is 57.9 Å². The van der Waals surface area contributed by atoms with Gasteiger partial charge in [0, 0.05) is 18.2 Å². The van der Waals surface area contributed by atoms with Crippen LogP contribution in [0.25, 0.3) is 0 Å². The van der Waals surface area contributed by atoms with Crippen LogP contribution in [0.2, 0.25) is 0 Å². The van der Waals surface area contributed by atoms with Gasteiger partial charge in [-0.1, -0.05) is 11.2 Å². The number of hydrogen-bond donors (Lipinski definition) is 1. The van der Waals surface area contributed by atoms with Crippen molar-refractivity contribution in [2.24, 2.45) is 0 Å². The van der Waals surface area contributed by atoms with Gasteiger partial charge >= 0.3 is 0 Å². The molecular weight excluding hydrogens is 264 g/mol. The molecule has 1 aromatic carbocycles. The zero-order valence-corrected chi connectivity index (χ0v) is 13.5. The topological polar surface area (TPSA) is 47.3 Å². The molecule has 0 aliphatic carbocycles. The Bertz CT molecular complexity index is 597. The van der Waals surface area contributed by atoms with E-state index in [1.807, 2.05) is 18.2 Å². The summed E-state index contributed by atoms with van der Waals surface area (Å²) in [5.74, 6) is 1.59.